The first kappa shape index (κ1) is 21.8. The molecule has 0 spiro atoms. The molecule has 0 aromatic heterocycles. The molecule has 0 aliphatic carbocycles. The van der Waals surface area contributed by atoms with Gasteiger partial charge in [0.2, 0.25) is 0 Å². The van der Waals surface area contributed by atoms with E-state index in [0.717, 1.165) is 9.98 Å². The molecule has 1 rings (SSSR count). The third kappa shape index (κ3) is 6.88. The van der Waals surface area contributed by atoms with Gasteiger partial charge in [-0.3, -0.25) is 0 Å². The first-order chi connectivity index (χ1) is 11.1. The second kappa shape index (κ2) is 12.2. The molecule has 0 aromatic rings. The van der Waals surface area contributed by atoms with Crippen molar-refractivity contribution in [3.8, 4) is 0 Å². The van der Waals surface area contributed by atoms with Gasteiger partial charge >= 0.3 is 152 Å². The van der Waals surface area contributed by atoms with E-state index in [1.54, 1.807) is 13.3 Å². The predicted molar refractivity (Wildman–Crippen MR) is 109 cm³/mol. The summed E-state index contributed by atoms with van der Waals surface area (Å²) in [5.41, 5.74) is 0. The van der Waals surface area contributed by atoms with Crippen LogP contribution in [0.3, 0.4) is 0 Å². The van der Waals surface area contributed by atoms with E-state index in [1.165, 1.54) is 70.9 Å². The molecule has 1 heterocycles. The van der Waals surface area contributed by atoms with Crippen LogP contribution in [0.2, 0.25) is 13.3 Å². The Labute approximate surface area is 151 Å². The van der Waals surface area contributed by atoms with E-state index in [0.29, 0.717) is 0 Å². The third-order valence-electron chi connectivity index (χ3n) is 6.13. The average molecular weight is 430 g/mol. The average Bonchev–Trinajstić information content (AvgIpc) is 2.56. The van der Waals surface area contributed by atoms with Gasteiger partial charge in [-0.25, -0.2) is 0 Å². The van der Waals surface area contributed by atoms with Gasteiger partial charge in [0.05, 0.1) is 0 Å². The van der Waals surface area contributed by atoms with Crippen LogP contribution in [-0.4, -0.2) is 40.4 Å². The molecular weight excluding hydrogens is 385 g/mol. The molecule has 1 aliphatic heterocycles. The van der Waals surface area contributed by atoms with Crippen molar-refractivity contribution in [2.24, 2.45) is 5.92 Å². The van der Waals surface area contributed by atoms with Crippen molar-refractivity contribution < 1.29 is 0 Å². The summed E-state index contributed by atoms with van der Waals surface area (Å²) in [4.78, 5) is 3.01. The SMILES string of the molecule is CCC[CH2][Sn]([CH2]CCC)([CH2]CCC)[CH](C(C)C)N1CCCCC1. The van der Waals surface area contributed by atoms with Gasteiger partial charge < -0.3 is 0 Å². The Morgan fingerprint density at radius 2 is 1.17 bits per heavy atom. The zero-order valence-corrected chi connectivity index (χ0v) is 19.9. The zero-order valence-electron chi connectivity index (χ0n) is 17.0. The van der Waals surface area contributed by atoms with Gasteiger partial charge in [0, 0.05) is 0 Å². The van der Waals surface area contributed by atoms with Crippen LogP contribution in [0.1, 0.15) is 92.4 Å². The summed E-state index contributed by atoms with van der Waals surface area (Å²) in [6.45, 7) is 15.1. The zero-order chi connectivity index (χ0) is 17.1. The van der Waals surface area contributed by atoms with Crippen molar-refractivity contribution in [3.05, 3.63) is 0 Å². The van der Waals surface area contributed by atoms with Crippen molar-refractivity contribution in [3.63, 3.8) is 0 Å². The topological polar surface area (TPSA) is 3.24 Å². The fourth-order valence-electron chi connectivity index (χ4n) is 5.12. The predicted octanol–water partition coefficient (Wildman–Crippen LogP) is 6.89. The molecule has 1 atom stereocenters. The van der Waals surface area contributed by atoms with E-state index >= 15 is 0 Å². The Morgan fingerprint density at radius 3 is 1.52 bits per heavy atom. The molecule has 138 valence electrons. The van der Waals surface area contributed by atoms with Crippen molar-refractivity contribution in [1.82, 2.24) is 4.90 Å². The molecule has 1 unspecified atom stereocenters. The third-order valence-corrected chi connectivity index (χ3v) is 24.2. The molecule has 0 bridgehead atoms. The van der Waals surface area contributed by atoms with E-state index in [2.05, 4.69) is 39.5 Å². The van der Waals surface area contributed by atoms with Gasteiger partial charge in [-0.05, 0) is 0 Å². The Morgan fingerprint density at radius 1 is 0.739 bits per heavy atom. The summed E-state index contributed by atoms with van der Waals surface area (Å²) in [6.07, 6.45) is 13.1. The number of unbranched alkanes of at least 4 members (excludes halogenated alkanes) is 3. The minimum atomic E-state index is -2.13. The first-order valence-corrected chi connectivity index (χ1v) is 18.6. The van der Waals surface area contributed by atoms with Crippen LogP contribution >= 0.6 is 0 Å². The van der Waals surface area contributed by atoms with Crippen molar-refractivity contribution in [1.29, 1.82) is 0 Å². The molecule has 1 saturated heterocycles. The normalized spacial score (nSPS) is 18.5. The summed E-state index contributed by atoms with van der Waals surface area (Å²) in [5.74, 6) is 0.884. The summed E-state index contributed by atoms with van der Waals surface area (Å²) < 4.78 is 6.04. The van der Waals surface area contributed by atoms with Crippen LogP contribution in [0, 0.1) is 5.92 Å². The van der Waals surface area contributed by atoms with Gasteiger partial charge in [0.15, 0.2) is 0 Å². The van der Waals surface area contributed by atoms with Crippen LogP contribution in [-0.2, 0) is 0 Å². The van der Waals surface area contributed by atoms with Crippen molar-refractivity contribution >= 4 is 18.4 Å². The molecular formula is C21H45NSn. The van der Waals surface area contributed by atoms with Crippen molar-refractivity contribution in [2.45, 2.75) is 110 Å². The molecule has 0 saturated carbocycles. The van der Waals surface area contributed by atoms with E-state index in [4.69, 9.17) is 0 Å². The van der Waals surface area contributed by atoms with Gasteiger partial charge in [-0.2, -0.15) is 0 Å². The summed E-state index contributed by atoms with van der Waals surface area (Å²) >= 11 is -2.13. The Balaban J connectivity index is 3.04. The molecule has 2 heteroatoms. The van der Waals surface area contributed by atoms with E-state index in [1.807, 2.05) is 0 Å². The molecule has 1 aliphatic rings. The molecule has 23 heavy (non-hydrogen) atoms. The molecule has 1 fully saturated rings. The number of hydrogen-bond donors (Lipinski definition) is 0. The second-order valence-electron chi connectivity index (χ2n) is 8.46. The molecule has 0 aromatic carbocycles. The molecule has 0 radical (unpaired) electrons. The standard InChI is InChI=1S/C9H18N.3C4H9.Sn/c1-9(2)8-10-6-4-3-5-7-10;3*1-3-4-2;/h8-9H,3-7H2,1-2H3;3*1,3-4H2,2H3;. The molecule has 1 nitrogen and oxygen atoms in total. The van der Waals surface area contributed by atoms with E-state index in [-0.39, 0.29) is 0 Å². The van der Waals surface area contributed by atoms with Crippen LogP contribution in [0.5, 0.6) is 0 Å². The van der Waals surface area contributed by atoms with Crippen LogP contribution < -0.4 is 0 Å². The fourth-order valence-corrected chi connectivity index (χ4v) is 25.8. The summed E-state index contributed by atoms with van der Waals surface area (Å²) in [5, 5.41) is 0. The number of piperidine rings is 1. The minimum absolute atomic E-state index is 0.884. The van der Waals surface area contributed by atoms with Crippen LogP contribution in [0.4, 0.5) is 0 Å². The second-order valence-corrected chi connectivity index (χ2v) is 22.2. The molecule has 0 amide bonds. The number of likely N-dealkylation sites (tertiary alicyclic amines) is 1. The van der Waals surface area contributed by atoms with Gasteiger partial charge in [-0.1, -0.05) is 0 Å². The Kier molecular flexibility index (Phi) is 11.5. The van der Waals surface area contributed by atoms with Gasteiger partial charge in [0.25, 0.3) is 0 Å². The summed E-state index contributed by atoms with van der Waals surface area (Å²) in [7, 11) is 0. The number of nitrogens with zero attached hydrogens (tertiary/aromatic N) is 1. The van der Waals surface area contributed by atoms with Crippen LogP contribution in [0.15, 0.2) is 0 Å². The van der Waals surface area contributed by atoms with Gasteiger partial charge in [-0.15, -0.1) is 0 Å². The number of hydrogen-bond acceptors (Lipinski definition) is 1. The Bertz CT molecular complexity index is 262. The Hall–Kier alpha value is 0.759. The van der Waals surface area contributed by atoms with Crippen molar-refractivity contribution in [2.75, 3.05) is 13.1 Å². The summed E-state index contributed by atoms with van der Waals surface area (Å²) in [6, 6.07) is 0. The quantitative estimate of drug-likeness (QED) is 0.305. The van der Waals surface area contributed by atoms with E-state index in [9.17, 15) is 0 Å². The maximum atomic E-state index is 3.01. The van der Waals surface area contributed by atoms with Gasteiger partial charge in [0.1, 0.15) is 0 Å². The monoisotopic (exact) mass is 431 g/mol. The first-order valence-electron chi connectivity index (χ1n) is 10.8. The fraction of sp³-hybridized carbons (Fsp3) is 1.00. The van der Waals surface area contributed by atoms with E-state index < -0.39 is 18.4 Å². The maximum absolute atomic E-state index is 3.01. The van der Waals surface area contributed by atoms with Crippen LogP contribution in [0.25, 0.3) is 0 Å². The number of rotatable bonds is 12. The molecule has 0 N–H and O–H groups in total.